The molecule has 2 heterocycles. The van der Waals surface area contributed by atoms with Crippen LogP contribution in [-0.4, -0.2) is 87.3 Å². The average Bonchev–Trinajstić information content (AvgIpc) is 2.74. The molecule has 1 amide bonds. The third-order valence-corrected chi connectivity index (χ3v) is 7.94. The summed E-state index contributed by atoms with van der Waals surface area (Å²) in [6, 6.07) is 6.96. The van der Waals surface area contributed by atoms with Crippen LogP contribution in [-0.2, 0) is 14.8 Å². The Morgan fingerprint density at radius 1 is 0.967 bits per heavy atom. The van der Waals surface area contributed by atoms with Crippen molar-refractivity contribution in [3.63, 3.8) is 0 Å². The lowest BCUT2D eigenvalue weighted by molar-refractivity contribution is -0.122. The first-order valence-electron chi connectivity index (χ1n) is 11.1. The molecule has 2 aliphatic rings. The lowest BCUT2D eigenvalue weighted by atomic mass is 10.1. The summed E-state index contributed by atoms with van der Waals surface area (Å²) < 4.78 is 27.1. The van der Waals surface area contributed by atoms with Crippen LogP contribution in [0.5, 0.6) is 0 Å². The minimum Gasteiger partial charge on any atom is -0.355 e. The first-order chi connectivity index (χ1) is 14.3. The standard InChI is InChI=1S/C22H36N4O3S/c1-19-6-8-21(9-7-19)30(28,29)26-14-12-25(13-15-26)18-22(27)23-16-20(2)17-24-10-4-3-5-11-24/h6-9,20H,3-5,10-18H2,1-2H3,(H,23,27). The zero-order valence-electron chi connectivity index (χ0n) is 18.3. The fourth-order valence-corrected chi connectivity index (χ4v) is 5.60. The molecule has 1 N–H and O–H groups in total. The van der Waals surface area contributed by atoms with Gasteiger partial charge >= 0.3 is 0 Å². The molecule has 2 fully saturated rings. The lowest BCUT2D eigenvalue weighted by Gasteiger charge is -2.33. The molecule has 0 bridgehead atoms. The molecular weight excluding hydrogens is 400 g/mol. The van der Waals surface area contributed by atoms with E-state index in [2.05, 4.69) is 17.1 Å². The van der Waals surface area contributed by atoms with Gasteiger partial charge in [-0.15, -0.1) is 0 Å². The maximum atomic E-state index is 12.8. The Morgan fingerprint density at radius 2 is 1.60 bits per heavy atom. The van der Waals surface area contributed by atoms with Crippen LogP contribution in [0.3, 0.4) is 0 Å². The molecule has 1 unspecified atom stereocenters. The number of sulfonamides is 1. The van der Waals surface area contributed by atoms with Crippen molar-refractivity contribution >= 4 is 15.9 Å². The van der Waals surface area contributed by atoms with Gasteiger partial charge in [-0.05, 0) is 50.9 Å². The first kappa shape index (κ1) is 23.2. The zero-order chi connectivity index (χ0) is 21.6. The molecule has 2 saturated heterocycles. The summed E-state index contributed by atoms with van der Waals surface area (Å²) in [4.78, 5) is 17.2. The number of hydrogen-bond acceptors (Lipinski definition) is 5. The Morgan fingerprint density at radius 3 is 2.23 bits per heavy atom. The number of benzene rings is 1. The number of hydrogen-bond donors (Lipinski definition) is 1. The largest absolute Gasteiger partial charge is 0.355 e. The number of nitrogens with one attached hydrogen (secondary N) is 1. The molecule has 0 saturated carbocycles. The van der Waals surface area contributed by atoms with Crippen molar-refractivity contribution in [2.45, 2.75) is 38.0 Å². The van der Waals surface area contributed by atoms with Crippen molar-refractivity contribution in [2.24, 2.45) is 5.92 Å². The minimum absolute atomic E-state index is 0.0235. The van der Waals surface area contributed by atoms with Gasteiger partial charge in [-0.3, -0.25) is 9.69 Å². The number of carbonyl (C=O) groups excluding carboxylic acids is 1. The third-order valence-electron chi connectivity index (χ3n) is 6.02. The van der Waals surface area contributed by atoms with Gasteiger partial charge in [0.2, 0.25) is 15.9 Å². The summed E-state index contributed by atoms with van der Waals surface area (Å²) in [5, 5.41) is 3.05. The van der Waals surface area contributed by atoms with E-state index in [4.69, 9.17) is 0 Å². The molecule has 1 aromatic rings. The predicted molar refractivity (Wildman–Crippen MR) is 119 cm³/mol. The lowest BCUT2D eigenvalue weighted by Crippen LogP contribution is -2.51. The van der Waals surface area contributed by atoms with Gasteiger partial charge in [-0.1, -0.05) is 31.0 Å². The fourth-order valence-electron chi connectivity index (χ4n) is 4.18. The van der Waals surface area contributed by atoms with Gasteiger partial charge in [0.15, 0.2) is 0 Å². The van der Waals surface area contributed by atoms with Crippen LogP contribution in [0.4, 0.5) is 0 Å². The number of aryl methyl sites for hydroxylation is 1. The van der Waals surface area contributed by atoms with Crippen molar-refractivity contribution in [1.29, 1.82) is 0 Å². The number of rotatable bonds is 8. The molecular formula is C22H36N4O3S. The topological polar surface area (TPSA) is 73.0 Å². The second kappa shape index (κ2) is 10.7. The van der Waals surface area contributed by atoms with E-state index in [-0.39, 0.29) is 5.91 Å². The summed E-state index contributed by atoms with van der Waals surface area (Å²) in [6.07, 6.45) is 3.90. The molecule has 0 aromatic heterocycles. The highest BCUT2D eigenvalue weighted by molar-refractivity contribution is 7.89. The fraction of sp³-hybridized carbons (Fsp3) is 0.682. The average molecular weight is 437 g/mol. The second-order valence-corrected chi connectivity index (χ2v) is 10.7. The van der Waals surface area contributed by atoms with Crippen molar-refractivity contribution in [3.8, 4) is 0 Å². The van der Waals surface area contributed by atoms with E-state index in [1.807, 2.05) is 24.0 Å². The molecule has 168 valence electrons. The van der Waals surface area contributed by atoms with Crippen molar-refractivity contribution in [2.75, 3.05) is 58.9 Å². The van der Waals surface area contributed by atoms with Crippen LogP contribution >= 0.6 is 0 Å². The Kier molecular flexibility index (Phi) is 8.27. The smallest absolute Gasteiger partial charge is 0.243 e. The first-order valence-corrected chi connectivity index (χ1v) is 12.6. The van der Waals surface area contributed by atoms with Crippen LogP contribution in [0, 0.1) is 12.8 Å². The van der Waals surface area contributed by atoms with Gasteiger partial charge in [-0.2, -0.15) is 4.31 Å². The molecule has 1 atom stereocenters. The summed E-state index contributed by atoms with van der Waals surface area (Å²) in [5.41, 5.74) is 1.04. The summed E-state index contributed by atoms with van der Waals surface area (Å²) in [5.74, 6) is 0.457. The normalized spacial score (nSPS) is 20.7. The van der Waals surface area contributed by atoms with Gasteiger partial charge in [0.1, 0.15) is 0 Å². The van der Waals surface area contributed by atoms with Crippen LogP contribution in [0.1, 0.15) is 31.7 Å². The second-order valence-electron chi connectivity index (χ2n) is 8.76. The van der Waals surface area contributed by atoms with Crippen LogP contribution < -0.4 is 5.32 Å². The molecule has 7 nitrogen and oxygen atoms in total. The number of amides is 1. The molecule has 0 spiro atoms. The van der Waals surface area contributed by atoms with E-state index in [1.54, 1.807) is 12.1 Å². The number of carbonyl (C=O) groups is 1. The molecule has 1 aromatic carbocycles. The van der Waals surface area contributed by atoms with Crippen LogP contribution in [0.25, 0.3) is 0 Å². The Bertz CT molecular complexity index is 783. The van der Waals surface area contributed by atoms with Crippen LogP contribution in [0.2, 0.25) is 0 Å². The quantitative estimate of drug-likeness (QED) is 0.669. The highest BCUT2D eigenvalue weighted by Crippen LogP contribution is 2.18. The van der Waals surface area contributed by atoms with E-state index < -0.39 is 10.0 Å². The summed E-state index contributed by atoms with van der Waals surface area (Å²) in [7, 11) is -3.46. The molecule has 0 radical (unpaired) electrons. The molecule has 8 heteroatoms. The summed E-state index contributed by atoms with van der Waals surface area (Å²) in [6.45, 7) is 10.5. The zero-order valence-corrected chi connectivity index (χ0v) is 19.2. The molecule has 2 aliphatic heterocycles. The monoisotopic (exact) mass is 436 g/mol. The molecule has 3 rings (SSSR count). The number of nitrogens with zero attached hydrogens (tertiary/aromatic N) is 3. The maximum Gasteiger partial charge on any atom is 0.243 e. The van der Waals surface area contributed by atoms with E-state index >= 15 is 0 Å². The third kappa shape index (κ3) is 6.51. The Balaban J connectivity index is 1.38. The Hall–Kier alpha value is -1.48. The minimum atomic E-state index is -3.46. The van der Waals surface area contributed by atoms with Gasteiger partial charge < -0.3 is 10.2 Å². The van der Waals surface area contributed by atoms with Crippen molar-refractivity contribution in [3.05, 3.63) is 29.8 Å². The molecule has 0 aliphatic carbocycles. The van der Waals surface area contributed by atoms with Gasteiger partial charge in [0.05, 0.1) is 11.4 Å². The Labute approximate surface area is 181 Å². The van der Waals surface area contributed by atoms with Crippen molar-refractivity contribution in [1.82, 2.24) is 19.4 Å². The predicted octanol–water partition coefficient (Wildman–Crippen LogP) is 1.54. The molecule has 30 heavy (non-hydrogen) atoms. The van der Waals surface area contributed by atoms with Gasteiger partial charge in [-0.25, -0.2) is 8.42 Å². The van der Waals surface area contributed by atoms with E-state index in [0.717, 1.165) is 12.1 Å². The maximum absolute atomic E-state index is 12.8. The highest BCUT2D eigenvalue weighted by atomic mass is 32.2. The number of likely N-dealkylation sites (tertiary alicyclic amines) is 1. The van der Waals surface area contributed by atoms with E-state index in [1.165, 1.54) is 36.7 Å². The van der Waals surface area contributed by atoms with Crippen molar-refractivity contribution < 1.29 is 13.2 Å². The summed E-state index contributed by atoms with van der Waals surface area (Å²) >= 11 is 0. The van der Waals surface area contributed by atoms with E-state index in [9.17, 15) is 13.2 Å². The van der Waals surface area contributed by atoms with Crippen LogP contribution in [0.15, 0.2) is 29.2 Å². The SMILES string of the molecule is Cc1ccc(S(=O)(=O)N2CCN(CC(=O)NCC(C)CN3CCCCC3)CC2)cc1. The van der Waals surface area contributed by atoms with Gasteiger partial charge in [0, 0.05) is 39.3 Å². The van der Waals surface area contributed by atoms with Gasteiger partial charge in [0.25, 0.3) is 0 Å². The number of piperidine rings is 1. The highest BCUT2D eigenvalue weighted by Gasteiger charge is 2.29. The van der Waals surface area contributed by atoms with E-state index in [0.29, 0.717) is 50.1 Å². The number of piperazine rings is 1.